The third-order valence-corrected chi connectivity index (χ3v) is 5.56. The number of ether oxygens (including phenoxy) is 2. The lowest BCUT2D eigenvalue weighted by Crippen LogP contribution is -2.12. The Bertz CT molecular complexity index is 928. The van der Waals surface area contributed by atoms with Crippen LogP contribution in [0.15, 0.2) is 30.3 Å². The number of nitrogens with one attached hydrogen (secondary N) is 1. The van der Waals surface area contributed by atoms with Gasteiger partial charge in [-0.1, -0.05) is 25.5 Å². The highest BCUT2D eigenvalue weighted by molar-refractivity contribution is 7.18. The van der Waals surface area contributed by atoms with Crippen LogP contribution in [0.3, 0.4) is 0 Å². The molecule has 0 bridgehead atoms. The number of benzene rings is 1. The first kappa shape index (κ1) is 23.3. The fourth-order valence-electron chi connectivity index (χ4n) is 2.72. The summed E-state index contributed by atoms with van der Waals surface area (Å²) in [6, 6.07) is 7.43. The second-order valence-electron chi connectivity index (χ2n) is 6.63. The molecule has 0 saturated carbocycles. The molecule has 2 aromatic rings. The van der Waals surface area contributed by atoms with E-state index in [2.05, 4.69) is 12.2 Å². The molecule has 0 unspecified atom stereocenters. The van der Waals surface area contributed by atoms with Gasteiger partial charge in [0, 0.05) is 6.08 Å². The summed E-state index contributed by atoms with van der Waals surface area (Å²) in [5, 5.41) is 3.01. The number of ketones is 1. The zero-order valence-electron chi connectivity index (χ0n) is 17.7. The van der Waals surface area contributed by atoms with Crippen molar-refractivity contribution in [1.82, 2.24) is 0 Å². The molecule has 0 aliphatic heterocycles. The van der Waals surface area contributed by atoms with E-state index in [4.69, 9.17) is 9.47 Å². The van der Waals surface area contributed by atoms with Crippen molar-refractivity contribution in [3.05, 3.63) is 51.9 Å². The molecule has 0 saturated heterocycles. The van der Waals surface area contributed by atoms with Crippen molar-refractivity contribution in [2.45, 2.75) is 40.5 Å². The van der Waals surface area contributed by atoms with Crippen LogP contribution in [-0.4, -0.2) is 30.9 Å². The molecule has 2 rings (SSSR count). The number of Topliss-reactive ketones (excluding diaryl/α,β-unsaturated/α-hetero) is 1. The number of carbonyl (C=O) groups is 3. The quantitative estimate of drug-likeness (QED) is 0.241. The first-order valence-electron chi connectivity index (χ1n) is 9.90. The molecule has 0 aliphatic rings. The van der Waals surface area contributed by atoms with Crippen LogP contribution < -0.4 is 10.1 Å². The molecular weight excluding hydrogens is 402 g/mol. The average Bonchev–Trinajstić information content (AvgIpc) is 3.04. The largest absolute Gasteiger partial charge is 0.494 e. The molecule has 1 aromatic heterocycles. The summed E-state index contributed by atoms with van der Waals surface area (Å²) < 4.78 is 10.7. The minimum Gasteiger partial charge on any atom is -0.494 e. The van der Waals surface area contributed by atoms with Gasteiger partial charge in [-0.2, -0.15) is 0 Å². The average molecular weight is 430 g/mol. The number of amides is 1. The topological polar surface area (TPSA) is 81.7 Å². The lowest BCUT2D eigenvalue weighted by atomic mass is 10.1. The zero-order chi connectivity index (χ0) is 22.1. The fraction of sp³-hybridized carbons (Fsp3) is 0.348. The predicted octanol–water partition coefficient (Wildman–Crippen LogP) is 5.27. The second kappa shape index (κ2) is 11.3. The van der Waals surface area contributed by atoms with Crippen molar-refractivity contribution in [2.75, 3.05) is 18.5 Å². The van der Waals surface area contributed by atoms with Crippen LogP contribution in [-0.2, 0) is 9.53 Å². The molecule has 0 spiro atoms. The maximum Gasteiger partial charge on any atom is 0.341 e. The number of esters is 1. The first-order chi connectivity index (χ1) is 14.4. The summed E-state index contributed by atoms with van der Waals surface area (Å²) in [5.41, 5.74) is 1.58. The van der Waals surface area contributed by atoms with Gasteiger partial charge in [0.2, 0.25) is 5.91 Å². The number of carbonyl (C=O) groups excluding carboxylic acids is 3. The van der Waals surface area contributed by atoms with Gasteiger partial charge in [-0.15, -0.1) is 11.3 Å². The van der Waals surface area contributed by atoms with Gasteiger partial charge in [0.25, 0.3) is 0 Å². The van der Waals surface area contributed by atoms with Crippen LogP contribution >= 0.6 is 11.3 Å². The highest BCUT2D eigenvalue weighted by Crippen LogP contribution is 2.34. The molecule has 1 amide bonds. The van der Waals surface area contributed by atoms with Gasteiger partial charge in [0.1, 0.15) is 10.8 Å². The molecule has 1 heterocycles. The van der Waals surface area contributed by atoms with Crippen molar-refractivity contribution in [3.63, 3.8) is 0 Å². The Morgan fingerprint density at radius 2 is 1.83 bits per heavy atom. The van der Waals surface area contributed by atoms with Gasteiger partial charge >= 0.3 is 5.97 Å². The Hall–Kier alpha value is -2.93. The smallest absolute Gasteiger partial charge is 0.341 e. The lowest BCUT2D eigenvalue weighted by Gasteiger charge is -2.06. The summed E-state index contributed by atoms with van der Waals surface area (Å²) in [6.07, 6.45) is 5.13. The van der Waals surface area contributed by atoms with E-state index < -0.39 is 11.9 Å². The zero-order valence-corrected chi connectivity index (χ0v) is 18.6. The van der Waals surface area contributed by atoms with Crippen LogP contribution in [0, 0.1) is 6.92 Å². The summed E-state index contributed by atoms with van der Waals surface area (Å²) in [5.74, 6) is -0.341. The third kappa shape index (κ3) is 6.29. The van der Waals surface area contributed by atoms with Crippen molar-refractivity contribution in [2.24, 2.45) is 0 Å². The van der Waals surface area contributed by atoms with Crippen LogP contribution in [0.4, 0.5) is 5.00 Å². The van der Waals surface area contributed by atoms with E-state index >= 15 is 0 Å². The third-order valence-electron chi connectivity index (χ3n) is 4.26. The van der Waals surface area contributed by atoms with E-state index in [-0.39, 0.29) is 18.0 Å². The molecule has 0 radical (unpaired) electrons. The van der Waals surface area contributed by atoms with Crippen molar-refractivity contribution in [1.29, 1.82) is 0 Å². The number of hydrogen-bond acceptors (Lipinski definition) is 6. The molecule has 160 valence electrons. The summed E-state index contributed by atoms with van der Waals surface area (Å²) in [7, 11) is 0. The minimum atomic E-state index is -0.559. The van der Waals surface area contributed by atoms with Gasteiger partial charge in [0.05, 0.1) is 23.7 Å². The van der Waals surface area contributed by atoms with Gasteiger partial charge in [-0.3, -0.25) is 9.59 Å². The molecule has 30 heavy (non-hydrogen) atoms. The van der Waals surface area contributed by atoms with E-state index in [1.165, 1.54) is 13.0 Å². The van der Waals surface area contributed by atoms with Crippen LogP contribution in [0.5, 0.6) is 5.75 Å². The predicted molar refractivity (Wildman–Crippen MR) is 120 cm³/mol. The van der Waals surface area contributed by atoms with Crippen molar-refractivity contribution >= 4 is 40.1 Å². The van der Waals surface area contributed by atoms with Gasteiger partial charge < -0.3 is 14.8 Å². The monoisotopic (exact) mass is 429 g/mol. The molecule has 1 aromatic carbocycles. The van der Waals surface area contributed by atoms with Gasteiger partial charge in [-0.25, -0.2) is 4.79 Å². The number of thiophene rings is 1. The highest BCUT2D eigenvalue weighted by Gasteiger charge is 2.24. The molecule has 0 atom stereocenters. The Kier molecular flexibility index (Phi) is 8.80. The second-order valence-corrected chi connectivity index (χ2v) is 7.65. The normalized spacial score (nSPS) is 10.8. The maximum atomic E-state index is 12.4. The molecule has 7 heteroatoms. The number of unbranched alkanes of at least 4 members (excludes halogenated alkanes) is 1. The highest BCUT2D eigenvalue weighted by atomic mass is 32.1. The van der Waals surface area contributed by atoms with Crippen LogP contribution in [0.1, 0.15) is 64.8 Å². The first-order valence-corrected chi connectivity index (χ1v) is 10.7. The lowest BCUT2D eigenvalue weighted by molar-refractivity contribution is -0.111. The maximum absolute atomic E-state index is 12.4. The van der Waals surface area contributed by atoms with Crippen molar-refractivity contribution < 1.29 is 23.9 Å². The van der Waals surface area contributed by atoms with Crippen molar-refractivity contribution in [3.8, 4) is 5.75 Å². The van der Waals surface area contributed by atoms with E-state index in [1.54, 1.807) is 19.9 Å². The standard InChI is InChI=1S/C23H27NO5S/c1-5-7-14-29-18-11-8-17(9-12-18)10-13-19(26)24-22-20(23(27)28-6-2)15(3)21(30-22)16(4)25/h8-13H,5-7,14H2,1-4H3,(H,24,26). The van der Waals surface area contributed by atoms with E-state index in [1.807, 2.05) is 24.3 Å². The van der Waals surface area contributed by atoms with Crippen LogP contribution in [0.2, 0.25) is 0 Å². The molecule has 0 aliphatic carbocycles. The molecule has 6 nitrogen and oxygen atoms in total. The van der Waals surface area contributed by atoms with E-state index in [0.29, 0.717) is 22.0 Å². The summed E-state index contributed by atoms with van der Waals surface area (Å²) in [6.45, 7) is 7.79. The Morgan fingerprint density at radius 1 is 1.13 bits per heavy atom. The van der Waals surface area contributed by atoms with E-state index in [0.717, 1.165) is 35.5 Å². The van der Waals surface area contributed by atoms with E-state index in [9.17, 15) is 14.4 Å². The fourth-order valence-corrected chi connectivity index (χ4v) is 3.81. The summed E-state index contributed by atoms with van der Waals surface area (Å²) in [4.78, 5) is 37.0. The molecule has 0 fully saturated rings. The number of rotatable bonds is 10. The Balaban J connectivity index is 2.11. The van der Waals surface area contributed by atoms with Gasteiger partial charge in [-0.05, 0) is 56.5 Å². The number of anilines is 1. The Labute approximate surface area is 180 Å². The van der Waals surface area contributed by atoms with Gasteiger partial charge in [0.15, 0.2) is 5.78 Å². The summed E-state index contributed by atoms with van der Waals surface area (Å²) >= 11 is 1.08. The number of hydrogen-bond donors (Lipinski definition) is 1. The molecule has 1 N–H and O–H groups in total. The Morgan fingerprint density at radius 3 is 2.43 bits per heavy atom. The van der Waals surface area contributed by atoms with Crippen LogP contribution in [0.25, 0.3) is 6.08 Å². The minimum absolute atomic E-state index is 0.166. The molecular formula is C23H27NO5S. The SMILES string of the molecule is CCCCOc1ccc(C=CC(=O)Nc2sc(C(C)=O)c(C)c2C(=O)OCC)cc1.